The number of hydrogen-bond acceptors (Lipinski definition) is 4. The first-order valence-electron chi connectivity index (χ1n) is 10.9. The maximum absolute atomic E-state index is 13.5. The van der Waals surface area contributed by atoms with Crippen molar-refractivity contribution in [2.75, 3.05) is 0 Å². The van der Waals surface area contributed by atoms with Crippen LogP contribution in [0.5, 0.6) is 0 Å². The molecule has 0 amide bonds. The molecule has 4 unspecified atom stereocenters. The van der Waals surface area contributed by atoms with E-state index in [4.69, 9.17) is 23.2 Å². The lowest BCUT2D eigenvalue weighted by molar-refractivity contribution is -0.145. The zero-order valence-corrected chi connectivity index (χ0v) is 19.7. The van der Waals surface area contributed by atoms with Gasteiger partial charge < -0.3 is 5.11 Å². The van der Waals surface area contributed by atoms with Crippen LogP contribution < -0.4 is 0 Å². The van der Waals surface area contributed by atoms with E-state index in [0.717, 1.165) is 0 Å². The number of ketones is 3. The average Bonchev–Trinajstić information content (AvgIpc) is 3.19. The fourth-order valence-corrected chi connectivity index (χ4v) is 6.18. The Morgan fingerprint density at radius 1 is 0.967 bits per heavy atom. The van der Waals surface area contributed by atoms with Crippen molar-refractivity contribution >= 4 is 40.6 Å². The lowest BCUT2D eigenvalue weighted by Crippen LogP contribution is -2.51. The number of carbonyl (C=O) groups is 3. The van der Waals surface area contributed by atoms with E-state index in [0.29, 0.717) is 18.8 Å². The van der Waals surface area contributed by atoms with E-state index >= 15 is 0 Å². The largest absolute Gasteiger partial charge is 0.510 e. The highest BCUT2D eigenvalue weighted by molar-refractivity contribution is 6.33. The van der Waals surface area contributed by atoms with Crippen molar-refractivity contribution in [1.29, 1.82) is 0 Å². The molecule has 6 heteroatoms. The molecule has 3 aliphatic carbocycles. The summed E-state index contributed by atoms with van der Waals surface area (Å²) in [6.45, 7) is 6.13. The summed E-state index contributed by atoms with van der Waals surface area (Å²) in [4.78, 5) is 39.3. The third-order valence-corrected chi connectivity index (χ3v) is 8.37. The second kappa shape index (κ2) is 8.43. The summed E-state index contributed by atoms with van der Waals surface area (Å²) >= 11 is 13.3. The molecule has 0 bridgehead atoms. The summed E-state index contributed by atoms with van der Waals surface area (Å²) in [5.74, 6) is -2.18. The highest BCUT2D eigenvalue weighted by atomic mass is 35.5. The monoisotopic (exact) mass is 454 g/mol. The van der Waals surface area contributed by atoms with Gasteiger partial charge in [-0.3, -0.25) is 14.4 Å². The average molecular weight is 455 g/mol. The van der Waals surface area contributed by atoms with Gasteiger partial charge in [0, 0.05) is 17.2 Å². The zero-order chi connectivity index (χ0) is 22.4. The standard InChI is InChI=1S/C24H32Cl2O4/c1-23(2)20(28)17(21(29)24(3,4)22(23)30)19(27)15-11-12-16(25)14(18(15)26)10-9-13-7-5-6-8-13/h9-10,13-16,18,28H,5-8,11-12H2,1-4H3/b10-9+. The van der Waals surface area contributed by atoms with E-state index in [1.807, 2.05) is 0 Å². The van der Waals surface area contributed by atoms with Gasteiger partial charge in [-0.25, -0.2) is 0 Å². The Morgan fingerprint density at radius 3 is 2.17 bits per heavy atom. The second-order valence-corrected chi connectivity index (χ2v) is 11.2. The number of hydrogen-bond donors (Lipinski definition) is 1. The normalized spacial score (nSPS) is 34.7. The Kier molecular flexibility index (Phi) is 6.61. The number of halogens is 2. The fourth-order valence-electron chi connectivity index (χ4n) is 5.23. The molecule has 0 aromatic carbocycles. The van der Waals surface area contributed by atoms with Gasteiger partial charge in [-0.15, -0.1) is 23.2 Å². The van der Waals surface area contributed by atoms with E-state index in [1.54, 1.807) is 13.8 Å². The minimum atomic E-state index is -1.37. The number of carbonyl (C=O) groups excluding carboxylic acids is 3. The van der Waals surface area contributed by atoms with Crippen molar-refractivity contribution in [3.63, 3.8) is 0 Å². The minimum Gasteiger partial charge on any atom is -0.510 e. The molecule has 166 valence electrons. The third-order valence-electron chi connectivity index (χ3n) is 7.27. The van der Waals surface area contributed by atoms with Crippen molar-refractivity contribution in [3.8, 4) is 0 Å². The van der Waals surface area contributed by atoms with Crippen LogP contribution in [0, 0.1) is 28.6 Å². The molecule has 1 N–H and O–H groups in total. The summed E-state index contributed by atoms with van der Waals surface area (Å²) in [6.07, 6.45) is 10.1. The highest BCUT2D eigenvalue weighted by Gasteiger charge is 2.56. The quantitative estimate of drug-likeness (QED) is 0.261. The van der Waals surface area contributed by atoms with Crippen molar-refractivity contribution < 1.29 is 19.5 Å². The Labute approximate surface area is 189 Å². The summed E-state index contributed by atoms with van der Waals surface area (Å²) < 4.78 is 0. The van der Waals surface area contributed by atoms with Crippen LogP contribution in [0.15, 0.2) is 23.5 Å². The van der Waals surface area contributed by atoms with Crippen LogP contribution in [0.2, 0.25) is 0 Å². The van der Waals surface area contributed by atoms with Crippen molar-refractivity contribution in [2.45, 2.75) is 77.0 Å². The van der Waals surface area contributed by atoms with Gasteiger partial charge in [-0.2, -0.15) is 0 Å². The zero-order valence-electron chi connectivity index (χ0n) is 18.2. The molecule has 0 heterocycles. The lowest BCUT2D eigenvalue weighted by Gasteiger charge is -2.40. The smallest absolute Gasteiger partial charge is 0.182 e. The van der Waals surface area contributed by atoms with E-state index < -0.39 is 45.2 Å². The number of aliphatic hydroxyl groups excluding tert-OH is 1. The molecule has 0 saturated heterocycles. The van der Waals surface area contributed by atoms with Crippen molar-refractivity contribution in [2.24, 2.45) is 28.6 Å². The van der Waals surface area contributed by atoms with E-state index in [-0.39, 0.29) is 16.9 Å². The van der Waals surface area contributed by atoms with Gasteiger partial charge in [0.1, 0.15) is 11.3 Å². The van der Waals surface area contributed by atoms with Crippen LogP contribution in [-0.2, 0) is 14.4 Å². The number of aliphatic hydroxyl groups is 1. The molecular formula is C24H32Cl2O4. The molecule has 3 aliphatic rings. The van der Waals surface area contributed by atoms with Gasteiger partial charge in [-0.1, -0.05) is 25.0 Å². The van der Waals surface area contributed by atoms with Gasteiger partial charge >= 0.3 is 0 Å². The van der Waals surface area contributed by atoms with Crippen molar-refractivity contribution in [1.82, 2.24) is 0 Å². The highest BCUT2D eigenvalue weighted by Crippen LogP contribution is 2.46. The van der Waals surface area contributed by atoms with E-state index in [9.17, 15) is 19.5 Å². The SMILES string of the molecule is CC1(C)C(=O)C(C(=O)C2CCC(Cl)C(/C=C/C3CCCC3)C2Cl)=C(O)C(C)(C)C1=O. The Bertz CT molecular complexity index is 802. The molecule has 0 radical (unpaired) electrons. The van der Waals surface area contributed by atoms with Crippen LogP contribution in [0.1, 0.15) is 66.2 Å². The van der Waals surface area contributed by atoms with Crippen molar-refractivity contribution in [3.05, 3.63) is 23.5 Å². The third kappa shape index (κ3) is 3.90. The predicted octanol–water partition coefficient (Wildman–Crippen LogP) is 5.56. The Hall–Kier alpha value is -1.13. The Balaban J connectivity index is 1.90. The second-order valence-electron chi connectivity index (χ2n) is 10.1. The minimum absolute atomic E-state index is 0.173. The predicted molar refractivity (Wildman–Crippen MR) is 119 cm³/mol. The first kappa shape index (κ1) is 23.5. The van der Waals surface area contributed by atoms with Crippen LogP contribution in [0.4, 0.5) is 0 Å². The topological polar surface area (TPSA) is 71.4 Å². The molecule has 0 aromatic rings. The molecule has 0 aliphatic heterocycles. The van der Waals surface area contributed by atoms with Crippen LogP contribution in [0.3, 0.4) is 0 Å². The molecule has 0 aromatic heterocycles. The molecule has 4 atom stereocenters. The van der Waals surface area contributed by atoms with Crippen LogP contribution in [0.25, 0.3) is 0 Å². The fraction of sp³-hybridized carbons (Fsp3) is 0.708. The molecule has 2 fully saturated rings. The summed E-state index contributed by atoms with van der Waals surface area (Å²) in [7, 11) is 0. The summed E-state index contributed by atoms with van der Waals surface area (Å²) in [5.41, 5.74) is -2.92. The number of Topliss-reactive ketones (excluding diaryl/α,β-unsaturated/α-hetero) is 3. The van der Waals surface area contributed by atoms with Gasteiger partial charge in [0.15, 0.2) is 17.3 Å². The molecule has 3 rings (SSSR count). The Morgan fingerprint density at radius 2 is 1.57 bits per heavy atom. The first-order chi connectivity index (χ1) is 13.9. The van der Waals surface area contributed by atoms with Gasteiger partial charge in [0.25, 0.3) is 0 Å². The number of allylic oxidation sites excluding steroid dienone is 4. The molecule has 0 spiro atoms. The number of rotatable bonds is 4. The van der Waals surface area contributed by atoms with E-state index in [1.165, 1.54) is 39.5 Å². The van der Waals surface area contributed by atoms with Crippen LogP contribution in [-0.4, -0.2) is 33.2 Å². The molecular weight excluding hydrogens is 423 g/mol. The number of alkyl halides is 2. The lowest BCUT2D eigenvalue weighted by atomic mass is 9.61. The molecule has 2 saturated carbocycles. The summed E-state index contributed by atoms with van der Waals surface area (Å²) in [5, 5.41) is 10.0. The maximum atomic E-state index is 13.5. The maximum Gasteiger partial charge on any atom is 0.182 e. The van der Waals surface area contributed by atoms with Gasteiger partial charge in [0.2, 0.25) is 0 Å². The summed E-state index contributed by atoms with van der Waals surface area (Å²) in [6, 6.07) is 0. The van der Waals surface area contributed by atoms with E-state index in [2.05, 4.69) is 12.2 Å². The first-order valence-corrected chi connectivity index (χ1v) is 11.8. The molecule has 4 nitrogen and oxygen atoms in total. The van der Waals surface area contributed by atoms with Gasteiger partial charge in [-0.05, 0) is 59.3 Å². The van der Waals surface area contributed by atoms with Gasteiger partial charge in [0.05, 0.1) is 16.2 Å². The van der Waals surface area contributed by atoms with Crippen LogP contribution >= 0.6 is 23.2 Å². The molecule has 30 heavy (non-hydrogen) atoms.